The second kappa shape index (κ2) is 4.30. The van der Waals surface area contributed by atoms with Crippen molar-refractivity contribution >= 4 is 10.9 Å². The molecule has 1 unspecified atom stereocenters. The Morgan fingerprint density at radius 1 is 1.35 bits per heavy atom. The summed E-state index contributed by atoms with van der Waals surface area (Å²) in [6.07, 6.45) is 3.18. The largest absolute Gasteiger partial charge is 0.314 e. The van der Waals surface area contributed by atoms with Crippen molar-refractivity contribution in [3.8, 4) is 0 Å². The van der Waals surface area contributed by atoms with Gasteiger partial charge in [-0.2, -0.15) is 0 Å². The smallest absolute Gasteiger partial charge is 0.258 e. The van der Waals surface area contributed by atoms with Crippen molar-refractivity contribution < 1.29 is 0 Å². The van der Waals surface area contributed by atoms with Crippen LogP contribution >= 0.6 is 0 Å². The Labute approximate surface area is 99.1 Å². The van der Waals surface area contributed by atoms with Gasteiger partial charge in [-0.05, 0) is 31.5 Å². The van der Waals surface area contributed by atoms with Gasteiger partial charge >= 0.3 is 0 Å². The second-order valence-electron chi connectivity index (χ2n) is 4.53. The standard InChI is InChI=1S/C13H15N3O/c17-13-10-5-1-2-6-11(10)15-12(16-13)8-9-4-3-7-14-9/h1-2,5-6,9,14H,3-4,7-8H2,(H,15,16,17). The first-order valence-corrected chi connectivity index (χ1v) is 6.04. The lowest BCUT2D eigenvalue weighted by Crippen LogP contribution is -2.26. The maximum absolute atomic E-state index is 11.9. The molecule has 4 nitrogen and oxygen atoms in total. The molecule has 17 heavy (non-hydrogen) atoms. The molecule has 4 heteroatoms. The van der Waals surface area contributed by atoms with E-state index >= 15 is 0 Å². The summed E-state index contributed by atoms with van der Waals surface area (Å²) >= 11 is 0. The third-order valence-corrected chi connectivity index (χ3v) is 3.26. The van der Waals surface area contributed by atoms with Crippen molar-refractivity contribution in [2.45, 2.75) is 25.3 Å². The highest BCUT2D eigenvalue weighted by Gasteiger charge is 2.15. The maximum atomic E-state index is 11.9. The highest BCUT2D eigenvalue weighted by atomic mass is 16.1. The van der Waals surface area contributed by atoms with Gasteiger partial charge in [0.05, 0.1) is 10.9 Å². The molecule has 1 saturated heterocycles. The van der Waals surface area contributed by atoms with Crippen LogP contribution < -0.4 is 10.9 Å². The Morgan fingerprint density at radius 2 is 2.24 bits per heavy atom. The van der Waals surface area contributed by atoms with Crippen LogP contribution in [0, 0.1) is 0 Å². The van der Waals surface area contributed by atoms with Crippen LogP contribution in [0.2, 0.25) is 0 Å². The fraction of sp³-hybridized carbons (Fsp3) is 0.385. The molecule has 1 aliphatic rings. The monoisotopic (exact) mass is 229 g/mol. The third-order valence-electron chi connectivity index (χ3n) is 3.26. The van der Waals surface area contributed by atoms with E-state index in [0.717, 1.165) is 30.7 Å². The summed E-state index contributed by atoms with van der Waals surface area (Å²) in [7, 11) is 0. The molecule has 2 N–H and O–H groups in total. The van der Waals surface area contributed by atoms with Crippen LogP contribution in [0.5, 0.6) is 0 Å². The molecule has 1 aromatic carbocycles. The minimum absolute atomic E-state index is 0.0383. The summed E-state index contributed by atoms with van der Waals surface area (Å²) in [5, 5.41) is 4.07. The predicted octanol–water partition coefficient (Wildman–Crippen LogP) is 1.22. The molecule has 0 aliphatic carbocycles. The van der Waals surface area contributed by atoms with Crippen molar-refractivity contribution in [2.24, 2.45) is 0 Å². The summed E-state index contributed by atoms with van der Waals surface area (Å²) in [4.78, 5) is 19.2. The van der Waals surface area contributed by atoms with Crippen molar-refractivity contribution in [3.63, 3.8) is 0 Å². The van der Waals surface area contributed by atoms with Gasteiger partial charge in [0.1, 0.15) is 5.82 Å². The minimum atomic E-state index is -0.0383. The Morgan fingerprint density at radius 3 is 3.06 bits per heavy atom. The quantitative estimate of drug-likeness (QED) is 0.814. The summed E-state index contributed by atoms with van der Waals surface area (Å²) in [5.41, 5.74) is 0.743. The summed E-state index contributed by atoms with van der Waals surface area (Å²) in [5.74, 6) is 0.785. The zero-order chi connectivity index (χ0) is 11.7. The molecule has 0 spiro atoms. The van der Waals surface area contributed by atoms with Gasteiger partial charge in [0.2, 0.25) is 0 Å². The molecule has 3 rings (SSSR count). The average molecular weight is 229 g/mol. The molecular formula is C13H15N3O. The molecule has 0 saturated carbocycles. The van der Waals surface area contributed by atoms with E-state index in [9.17, 15) is 4.79 Å². The number of fused-ring (bicyclic) bond motifs is 1. The molecule has 1 aliphatic heterocycles. The summed E-state index contributed by atoms with van der Waals surface area (Å²) in [6.45, 7) is 1.07. The Bertz CT molecular complexity index is 584. The van der Waals surface area contributed by atoms with Crippen LogP contribution in [-0.4, -0.2) is 22.6 Å². The number of H-pyrrole nitrogens is 1. The van der Waals surface area contributed by atoms with E-state index < -0.39 is 0 Å². The Hall–Kier alpha value is -1.68. The van der Waals surface area contributed by atoms with Crippen molar-refractivity contribution in [1.29, 1.82) is 0 Å². The first-order valence-electron chi connectivity index (χ1n) is 6.04. The summed E-state index contributed by atoms with van der Waals surface area (Å²) < 4.78 is 0. The number of hydrogen-bond acceptors (Lipinski definition) is 3. The van der Waals surface area contributed by atoms with Crippen LogP contribution in [0.25, 0.3) is 10.9 Å². The Kier molecular flexibility index (Phi) is 2.65. The fourth-order valence-electron chi connectivity index (χ4n) is 2.40. The lowest BCUT2D eigenvalue weighted by molar-refractivity contribution is 0.586. The summed E-state index contributed by atoms with van der Waals surface area (Å²) in [6, 6.07) is 7.91. The SMILES string of the molecule is O=c1[nH]c(CC2CCCN2)nc2ccccc12. The van der Waals surface area contributed by atoms with E-state index in [2.05, 4.69) is 15.3 Å². The first kappa shape index (κ1) is 10.5. The van der Waals surface area contributed by atoms with E-state index in [-0.39, 0.29) is 5.56 Å². The highest BCUT2D eigenvalue weighted by Crippen LogP contribution is 2.11. The number of nitrogens with zero attached hydrogens (tertiary/aromatic N) is 1. The minimum Gasteiger partial charge on any atom is -0.314 e. The van der Waals surface area contributed by atoms with Crippen LogP contribution in [0.3, 0.4) is 0 Å². The van der Waals surface area contributed by atoms with E-state index in [1.807, 2.05) is 18.2 Å². The fourth-order valence-corrected chi connectivity index (χ4v) is 2.40. The average Bonchev–Trinajstić information content (AvgIpc) is 2.82. The molecule has 2 heterocycles. The molecule has 0 bridgehead atoms. The van der Waals surface area contributed by atoms with Gasteiger partial charge in [-0.1, -0.05) is 12.1 Å². The number of hydrogen-bond donors (Lipinski definition) is 2. The number of benzene rings is 1. The van der Waals surface area contributed by atoms with Gasteiger partial charge in [-0.25, -0.2) is 4.98 Å². The van der Waals surface area contributed by atoms with Gasteiger partial charge in [0.25, 0.3) is 5.56 Å². The van der Waals surface area contributed by atoms with E-state index in [0.29, 0.717) is 11.4 Å². The van der Waals surface area contributed by atoms with Crippen LogP contribution in [0.4, 0.5) is 0 Å². The maximum Gasteiger partial charge on any atom is 0.258 e. The molecule has 1 aromatic heterocycles. The van der Waals surface area contributed by atoms with Crippen molar-refractivity contribution in [2.75, 3.05) is 6.54 Å². The lowest BCUT2D eigenvalue weighted by Gasteiger charge is -2.09. The number of aromatic amines is 1. The molecule has 2 aromatic rings. The number of nitrogens with one attached hydrogen (secondary N) is 2. The number of para-hydroxylation sites is 1. The topological polar surface area (TPSA) is 57.8 Å². The predicted molar refractivity (Wildman–Crippen MR) is 67.1 cm³/mol. The molecule has 1 atom stereocenters. The lowest BCUT2D eigenvalue weighted by atomic mass is 10.1. The van der Waals surface area contributed by atoms with Crippen molar-refractivity contribution in [3.05, 3.63) is 40.4 Å². The number of rotatable bonds is 2. The van der Waals surface area contributed by atoms with E-state index in [4.69, 9.17) is 0 Å². The molecule has 0 radical (unpaired) electrons. The van der Waals surface area contributed by atoms with Gasteiger partial charge in [-0.3, -0.25) is 4.79 Å². The first-order chi connectivity index (χ1) is 8.33. The van der Waals surface area contributed by atoms with Gasteiger partial charge in [0, 0.05) is 12.5 Å². The van der Waals surface area contributed by atoms with Crippen LogP contribution in [0.1, 0.15) is 18.7 Å². The van der Waals surface area contributed by atoms with E-state index in [1.54, 1.807) is 6.07 Å². The zero-order valence-electron chi connectivity index (χ0n) is 9.57. The zero-order valence-corrected chi connectivity index (χ0v) is 9.57. The molecule has 88 valence electrons. The van der Waals surface area contributed by atoms with Crippen LogP contribution in [0.15, 0.2) is 29.1 Å². The van der Waals surface area contributed by atoms with Gasteiger partial charge in [-0.15, -0.1) is 0 Å². The van der Waals surface area contributed by atoms with Crippen LogP contribution in [-0.2, 0) is 6.42 Å². The normalized spacial score (nSPS) is 19.9. The number of aromatic nitrogens is 2. The third kappa shape index (κ3) is 2.08. The highest BCUT2D eigenvalue weighted by molar-refractivity contribution is 5.77. The second-order valence-corrected chi connectivity index (χ2v) is 4.53. The van der Waals surface area contributed by atoms with Gasteiger partial charge in [0.15, 0.2) is 0 Å². The molecule has 0 amide bonds. The van der Waals surface area contributed by atoms with Crippen molar-refractivity contribution in [1.82, 2.24) is 15.3 Å². The molecular weight excluding hydrogens is 214 g/mol. The van der Waals surface area contributed by atoms with E-state index in [1.165, 1.54) is 6.42 Å². The molecule has 1 fully saturated rings. The van der Waals surface area contributed by atoms with Gasteiger partial charge < -0.3 is 10.3 Å². The Balaban J connectivity index is 1.97.